The van der Waals surface area contributed by atoms with Gasteiger partial charge in [0.15, 0.2) is 18.1 Å². The van der Waals surface area contributed by atoms with E-state index in [0.717, 1.165) is 16.7 Å². The van der Waals surface area contributed by atoms with Crippen molar-refractivity contribution in [1.82, 2.24) is 5.32 Å². The van der Waals surface area contributed by atoms with Gasteiger partial charge in [-0.05, 0) is 44.5 Å². The Morgan fingerprint density at radius 3 is 2.63 bits per heavy atom. The Balaban J connectivity index is 1.55. The highest BCUT2D eigenvalue weighted by molar-refractivity contribution is 6.02. The minimum Gasteiger partial charge on any atom is -0.493 e. The van der Waals surface area contributed by atoms with Crippen molar-refractivity contribution in [2.45, 2.75) is 33.3 Å². The Kier molecular flexibility index (Phi) is 6.25. The van der Waals surface area contributed by atoms with E-state index in [1.165, 1.54) is 13.2 Å². The second-order valence-electron chi connectivity index (χ2n) is 7.20. The molecule has 0 saturated carbocycles. The molecule has 1 heterocycles. The van der Waals surface area contributed by atoms with E-state index >= 15 is 0 Å². The maximum atomic E-state index is 12.4. The average molecular weight is 412 g/mol. The fourth-order valence-electron chi connectivity index (χ4n) is 3.25. The number of hydrogen-bond donors (Lipinski definition) is 2. The first kappa shape index (κ1) is 21.2. The van der Waals surface area contributed by atoms with Gasteiger partial charge in [0.25, 0.3) is 5.91 Å². The van der Waals surface area contributed by atoms with Crippen molar-refractivity contribution in [3.05, 3.63) is 52.6 Å². The number of rotatable bonds is 5. The van der Waals surface area contributed by atoms with Crippen LogP contribution < -0.4 is 20.1 Å². The number of imide groups is 1. The van der Waals surface area contributed by atoms with Crippen LogP contribution in [0.15, 0.2) is 30.3 Å². The smallest absolute Gasteiger partial charge is 0.338 e. The summed E-state index contributed by atoms with van der Waals surface area (Å²) in [5.41, 5.74) is 3.60. The van der Waals surface area contributed by atoms with Crippen LogP contribution in [-0.2, 0) is 16.0 Å². The molecule has 30 heavy (non-hydrogen) atoms. The van der Waals surface area contributed by atoms with E-state index in [1.807, 2.05) is 32.9 Å². The second kappa shape index (κ2) is 8.86. The Morgan fingerprint density at radius 2 is 1.93 bits per heavy atom. The number of carbonyl (C=O) groups is 3. The summed E-state index contributed by atoms with van der Waals surface area (Å²) >= 11 is 0. The number of anilines is 1. The molecule has 8 nitrogen and oxygen atoms in total. The molecule has 0 fully saturated rings. The van der Waals surface area contributed by atoms with Gasteiger partial charge >= 0.3 is 12.0 Å². The summed E-state index contributed by atoms with van der Waals surface area (Å²) in [6.07, 6.45) is 0.632. The van der Waals surface area contributed by atoms with Crippen molar-refractivity contribution in [3.63, 3.8) is 0 Å². The minimum atomic E-state index is -0.740. The number of fused-ring (bicyclic) bond motifs is 1. The lowest BCUT2D eigenvalue weighted by molar-refractivity contribution is -0.123. The van der Waals surface area contributed by atoms with E-state index in [0.29, 0.717) is 23.6 Å². The van der Waals surface area contributed by atoms with Crippen molar-refractivity contribution in [1.29, 1.82) is 0 Å². The molecule has 3 amide bonds. The van der Waals surface area contributed by atoms with Crippen LogP contribution in [0.5, 0.6) is 11.5 Å². The highest BCUT2D eigenvalue weighted by atomic mass is 16.5. The monoisotopic (exact) mass is 412 g/mol. The number of nitrogens with one attached hydrogen (secondary N) is 2. The predicted octanol–water partition coefficient (Wildman–Crippen LogP) is 3.14. The van der Waals surface area contributed by atoms with Crippen molar-refractivity contribution in [3.8, 4) is 11.5 Å². The van der Waals surface area contributed by atoms with E-state index < -0.39 is 24.5 Å². The molecule has 158 valence electrons. The van der Waals surface area contributed by atoms with Gasteiger partial charge in [-0.3, -0.25) is 10.1 Å². The molecule has 2 aromatic rings. The zero-order chi connectivity index (χ0) is 21.8. The zero-order valence-corrected chi connectivity index (χ0v) is 17.3. The highest BCUT2D eigenvalue weighted by Crippen LogP contribution is 2.39. The van der Waals surface area contributed by atoms with Gasteiger partial charge in [0.1, 0.15) is 6.10 Å². The summed E-state index contributed by atoms with van der Waals surface area (Å²) in [4.78, 5) is 36.3. The molecule has 0 bridgehead atoms. The number of aryl methyl sites for hydroxylation is 2. The SMILES string of the molecule is COc1cc(C(=O)OCC(=O)NC(=O)Nc2ccc(C)cc2C)cc2c1OC(C)C2. The molecule has 0 aromatic heterocycles. The quantitative estimate of drug-likeness (QED) is 0.732. The van der Waals surface area contributed by atoms with Crippen molar-refractivity contribution < 1.29 is 28.6 Å². The van der Waals surface area contributed by atoms with Gasteiger partial charge in [-0.25, -0.2) is 9.59 Å². The average Bonchev–Trinajstić information content (AvgIpc) is 3.07. The number of carbonyl (C=O) groups excluding carboxylic acids is 3. The first-order chi connectivity index (χ1) is 14.3. The maximum absolute atomic E-state index is 12.4. The molecule has 2 N–H and O–H groups in total. The molecule has 0 aliphatic carbocycles. The summed E-state index contributed by atoms with van der Waals surface area (Å²) in [5.74, 6) is -0.389. The number of esters is 1. The van der Waals surface area contributed by atoms with Crippen LogP contribution in [0.25, 0.3) is 0 Å². The van der Waals surface area contributed by atoms with Crippen LogP contribution in [0.4, 0.5) is 10.5 Å². The number of benzene rings is 2. The number of methoxy groups -OCH3 is 1. The molecule has 0 radical (unpaired) electrons. The molecule has 1 unspecified atom stereocenters. The number of amides is 3. The molecular weight excluding hydrogens is 388 g/mol. The lowest BCUT2D eigenvalue weighted by Gasteiger charge is -2.11. The summed E-state index contributed by atoms with van der Waals surface area (Å²) in [5, 5.41) is 4.73. The van der Waals surface area contributed by atoms with Gasteiger partial charge < -0.3 is 19.5 Å². The Morgan fingerprint density at radius 1 is 1.17 bits per heavy atom. The minimum absolute atomic E-state index is 0.0124. The lowest BCUT2D eigenvalue weighted by Crippen LogP contribution is -2.37. The third-order valence-corrected chi connectivity index (χ3v) is 4.63. The molecule has 8 heteroatoms. The molecule has 1 aliphatic rings. The maximum Gasteiger partial charge on any atom is 0.338 e. The van der Waals surface area contributed by atoms with Crippen LogP contribution in [0.2, 0.25) is 0 Å². The number of urea groups is 1. The summed E-state index contributed by atoms with van der Waals surface area (Å²) in [7, 11) is 1.49. The molecular formula is C22H24N2O6. The number of ether oxygens (including phenoxy) is 3. The van der Waals surface area contributed by atoms with Crippen LogP contribution in [0.1, 0.15) is 34.0 Å². The van der Waals surface area contributed by atoms with Gasteiger partial charge in [-0.2, -0.15) is 0 Å². The Hall–Kier alpha value is -3.55. The van der Waals surface area contributed by atoms with Gasteiger partial charge in [0, 0.05) is 17.7 Å². The summed E-state index contributed by atoms with van der Waals surface area (Å²) in [6.45, 7) is 5.12. The van der Waals surface area contributed by atoms with E-state index in [9.17, 15) is 14.4 Å². The van der Waals surface area contributed by atoms with Crippen LogP contribution >= 0.6 is 0 Å². The Bertz CT molecular complexity index is 1000. The normalized spacial score (nSPS) is 14.3. The third kappa shape index (κ3) is 4.89. The number of hydrogen-bond acceptors (Lipinski definition) is 6. The Labute approximate surface area is 174 Å². The molecule has 0 spiro atoms. The van der Waals surface area contributed by atoms with Crippen LogP contribution in [0, 0.1) is 13.8 Å². The first-order valence-electron chi connectivity index (χ1n) is 9.49. The summed E-state index contributed by atoms with van der Waals surface area (Å²) in [6, 6.07) is 7.98. The first-order valence-corrected chi connectivity index (χ1v) is 9.49. The fraction of sp³-hybridized carbons (Fsp3) is 0.318. The standard InChI is InChI=1S/C22H24N2O6/c1-12-5-6-17(13(2)7-12)23-22(27)24-19(25)11-29-21(26)16-9-15-8-14(3)30-20(15)18(10-16)28-4/h5-7,9-10,14H,8,11H2,1-4H3,(H2,23,24,25,27). The van der Waals surface area contributed by atoms with Crippen molar-refractivity contribution in [2.75, 3.05) is 19.0 Å². The molecule has 2 aromatic carbocycles. The second-order valence-corrected chi connectivity index (χ2v) is 7.20. The predicted molar refractivity (Wildman–Crippen MR) is 110 cm³/mol. The van der Waals surface area contributed by atoms with E-state index in [-0.39, 0.29) is 11.7 Å². The van der Waals surface area contributed by atoms with E-state index in [4.69, 9.17) is 14.2 Å². The van der Waals surface area contributed by atoms with Crippen LogP contribution in [-0.4, -0.2) is 37.7 Å². The lowest BCUT2D eigenvalue weighted by atomic mass is 10.1. The van der Waals surface area contributed by atoms with Crippen molar-refractivity contribution >= 4 is 23.6 Å². The molecule has 1 aliphatic heterocycles. The highest BCUT2D eigenvalue weighted by Gasteiger charge is 2.26. The third-order valence-electron chi connectivity index (χ3n) is 4.63. The summed E-state index contributed by atoms with van der Waals surface area (Å²) < 4.78 is 16.0. The fourth-order valence-corrected chi connectivity index (χ4v) is 3.25. The molecule has 3 rings (SSSR count). The zero-order valence-electron chi connectivity index (χ0n) is 17.3. The van der Waals surface area contributed by atoms with Gasteiger partial charge in [-0.15, -0.1) is 0 Å². The van der Waals surface area contributed by atoms with Gasteiger partial charge in [0.2, 0.25) is 0 Å². The van der Waals surface area contributed by atoms with E-state index in [2.05, 4.69) is 10.6 Å². The molecule has 0 saturated heterocycles. The van der Waals surface area contributed by atoms with E-state index in [1.54, 1.807) is 12.1 Å². The van der Waals surface area contributed by atoms with Crippen molar-refractivity contribution in [2.24, 2.45) is 0 Å². The van der Waals surface area contributed by atoms with Gasteiger partial charge in [-0.1, -0.05) is 17.7 Å². The van der Waals surface area contributed by atoms with Gasteiger partial charge in [0.05, 0.1) is 12.7 Å². The topological polar surface area (TPSA) is 103 Å². The largest absolute Gasteiger partial charge is 0.493 e. The van der Waals surface area contributed by atoms with Crippen LogP contribution in [0.3, 0.4) is 0 Å². The molecule has 1 atom stereocenters.